The van der Waals surface area contributed by atoms with Gasteiger partial charge in [-0.15, -0.1) is 0 Å². The first-order valence-electron chi connectivity index (χ1n) is 7.36. The van der Waals surface area contributed by atoms with Crippen molar-refractivity contribution in [3.05, 3.63) is 11.6 Å². The van der Waals surface area contributed by atoms with Crippen LogP contribution in [-0.2, 0) is 14.3 Å². The van der Waals surface area contributed by atoms with Gasteiger partial charge in [0.15, 0.2) is 0 Å². The Morgan fingerprint density at radius 3 is 2.79 bits per heavy atom. The molecule has 0 bridgehead atoms. The molecule has 0 fully saturated rings. The summed E-state index contributed by atoms with van der Waals surface area (Å²) in [5.41, 5.74) is 1.33. The zero-order valence-corrected chi connectivity index (χ0v) is 12.4. The zero-order chi connectivity index (χ0) is 14.3. The van der Waals surface area contributed by atoms with Crippen LogP contribution in [0.5, 0.6) is 0 Å². The summed E-state index contributed by atoms with van der Waals surface area (Å²) in [5.74, 6) is -0.693. The lowest BCUT2D eigenvalue weighted by Crippen LogP contribution is -2.32. The first-order chi connectivity index (χ1) is 9.10. The number of allylic oxidation sites excluding steroid dienone is 2. The molecule has 0 aromatic heterocycles. The second-order valence-corrected chi connectivity index (χ2v) is 5.50. The topological polar surface area (TPSA) is 43.4 Å². The summed E-state index contributed by atoms with van der Waals surface area (Å²) in [6, 6.07) is 0. The van der Waals surface area contributed by atoms with Crippen molar-refractivity contribution >= 4 is 11.8 Å². The number of esters is 1. The molecule has 1 aliphatic carbocycles. The van der Waals surface area contributed by atoms with Crippen molar-refractivity contribution in [2.24, 2.45) is 11.8 Å². The summed E-state index contributed by atoms with van der Waals surface area (Å²) >= 11 is 0. The van der Waals surface area contributed by atoms with E-state index in [4.69, 9.17) is 4.74 Å². The Bertz CT molecular complexity index is 344. The van der Waals surface area contributed by atoms with Crippen molar-refractivity contribution in [2.75, 3.05) is 7.11 Å². The van der Waals surface area contributed by atoms with Crippen molar-refractivity contribution in [3.8, 4) is 0 Å². The Balaban J connectivity index is 2.89. The Hall–Kier alpha value is -1.12. The van der Waals surface area contributed by atoms with Crippen molar-refractivity contribution < 1.29 is 14.3 Å². The van der Waals surface area contributed by atoms with Crippen LogP contribution in [0.1, 0.15) is 58.8 Å². The Morgan fingerprint density at radius 2 is 2.16 bits per heavy atom. The summed E-state index contributed by atoms with van der Waals surface area (Å²) in [5, 5.41) is 0. The fraction of sp³-hybridized carbons (Fsp3) is 0.750. The number of hydrogen-bond acceptors (Lipinski definition) is 3. The lowest BCUT2D eigenvalue weighted by Gasteiger charge is -2.23. The largest absolute Gasteiger partial charge is 0.468 e. The minimum absolute atomic E-state index is 0.0545. The van der Waals surface area contributed by atoms with Gasteiger partial charge >= 0.3 is 5.97 Å². The van der Waals surface area contributed by atoms with Crippen LogP contribution < -0.4 is 0 Å². The molecule has 0 aromatic carbocycles. The Morgan fingerprint density at radius 1 is 1.42 bits per heavy atom. The summed E-state index contributed by atoms with van der Waals surface area (Å²) in [7, 11) is 1.38. The molecule has 0 amide bonds. The number of carbonyl (C=O) groups excluding carboxylic acids is 2. The van der Waals surface area contributed by atoms with E-state index in [0.29, 0.717) is 6.42 Å². The van der Waals surface area contributed by atoms with E-state index in [9.17, 15) is 9.59 Å². The van der Waals surface area contributed by atoms with Crippen LogP contribution in [0.3, 0.4) is 0 Å². The highest BCUT2D eigenvalue weighted by Gasteiger charge is 2.34. The zero-order valence-electron chi connectivity index (χ0n) is 12.4. The number of hydrogen-bond donors (Lipinski definition) is 0. The fourth-order valence-corrected chi connectivity index (χ4v) is 2.79. The average molecular weight is 266 g/mol. The first-order valence-corrected chi connectivity index (χ1v) is 7.36. The number of rotatable bonds is 4. The first kappa shape index (κ1) is 15.9. The maximum atomic E-state index is 12.3. The van der Waals surface area contributed by atoms with E-state index >= 15 is 0 Å². The summed E-state index contributed by atoms with van der Waals surface area (Å²) in [4.78, 5) is 24.2. The molecule has 3 heteroatoms. The van der Waals surface area contributed by atoms with E-state index in [-0.39, 0.29) is 17.7 Å². The van der Waals surface area contributed by atoms with Gasteiger partial charge in [-0.2, -0.15) is 0 Å². The number of methoxy groups -OCH3 is 1. The monoisotopic (exact) mass is 266 g/mol. The van der Waals surface area contributed by atoms with Gasteiger partial charge in [0.25, 0.3) is 0 Å². The second-order valence-electron chi connectivity index (χ2n) is 5.50. The van der Waals surface area contributed by atoms with Gasteiger partial charge in [-0.25, -0.2) is 0 Å². The molecule has 0 saturated carbocycles. The van der Waals surface area contributed by atoms with E-state index in [1.54, 1.807) is 0 Å². The summed E-state index contributed by atoms with van der Waals surface area (Å²) in [6.07, 6.45) is 8.33. The number of Topliss-reactive ketones (excluding diaryl/α,β-unsaturated/α-hetero) is 1. The van der Waals surface area contributed by atoms with Crippen LogP contribution in [0, 0.1) is 11.8 Å². The molecule has 0 unspecified atom stereocenters. The molecule has 0 aliphatic heterocycles. The number of ether oxygens (including phenoxy) is 1. The summed E-state index contributed by atoms with van der Waals surface area (Å²) < 4.78 is 4.86. The minimum Gasteiger partial charge on any atom is -0.468 e. The van der Waals surface area contributed by atoms with Crippen molar-refractivity contribution in [3.63, 3.8) is 0 Å². The minimum atomic E-state index is -0.546. The van der Waals surface area contributed by atoms with E-state index in [0.717, 1.165) is 38.5 Å². The quantitative estimate of drug-likeness (QED) is 0.443. The van der Waals surface area contributed by atoms with E-state index in [1.165, 1.54) is 12.7 Å². The molecule has 0 spiro atoms. The third kappa shape index (κ3) is 4.81. The standard InChI is InChI=1S/C16H26O3/c1-4-5-8-13-11-10-12(2)7-6-9-14(17)15(13)16(18)19-3/h7,13,15H,4-6,8-11H2,1-3H3/b12-7+/t13-,15+/m0/s1. The maximum absolute atomic E-state index is 12.3. The van der Waals surface area contributed by atoms with Gasteiger partial charge in [0.2, 0.25) is 0 Å². The second kappa shape index (κ2) is 8.13. The molecule has 0 heterocycles. The van der Waals surface area contributed by atoms with E-state index in [2.05, 4.69) is 19.9 Å². The Labute approximate surface area is 116 Å². The highest BCUT2D eigenvalue weighted by Crippen LogP contribution is 2.30. The molecule has 0 aromatic rings. The van der Waals surface area contributed by atoms with Crippen molar-refractivity contribution in [2.45, 2.75) is 58.8 Å². The lowest BCUT2D eigenvalue weighted by molar-refractivity contribution is -0.152. The lowest BCUT2D eigenvalue weighted by atomic mass is 9.81. The SMILES string of the molecule is CCCC[C@H]1CC/C(C)=C/CCC(=O)[C@@H]1C(=O)OC. The smallest absolute Gasteiger partial charge is 0.316 e. The molecule has 2 atom stereocenters. The van der Waals surface area contributed by atoms with Gasteiger partial charge in [0.05, 0.1) is 7.11 Å². The van der Waals surface area contributed by atoms with Crippen molar-refractivity contribution in [1.82, 2.24) is 0 Å². The van der Waals surface area contributed by atoms with Crippen LogP contribution in [0.25, 0.3) is 0 Å². The third-order valence-corrected chi connectivity index (χ3v) is 3.99. The average Bonchev–Trinajstić information content (AvgIpc) is 2.46. The van der Waals surface area contributed by atoms with Gasteiger partial charge in [-0.3, -0.25) is 9.59 Å². The molecular weight excluding hydrogens is 240 g/mol. The Kier molecular flexibility index (Phi) is 6.82. The molecule has 1 aliphatic rings. The summed E-state index contributed by atoms with van der Waals surface area (Å²) in [6.45, 7) is 4.25. The molecule has 1 rings (SSSR count). The van der Waals surface area contributed by atoms with Crippen molar-refractivity contribution in [1.29, 1.82) is 0 Å². The highest BCUT2D eigenvalue weighted by atomic mass is 16.5. The fourth-order valence-electron chi connectivity index (χ4n) is 2.79. The predicted octanol–water partition coefficient (Wildman–Crippen LogP) is 3.67. The third-order valence-electron chi connectivity index (χ3n) is 3.99. The molecule has 3 nitrogen and oxygen atoms in total. The molecular formula is C16H26O3. The van der Waals surface area contributed by atoms with Crippen LogP contribution in [0.15, 0.2) is 11.6 Å². The van der Waals surface area contributed by atoms with Crippen LogP contribution in [0.4, 0.5) is 0 Å². The van der Waals surface area contributed by atoms with Gasteiger partial charge in [0, 0.05) is 6.42 Å². The van der Waals surface area contributed by atoms with Crippen LogP contribution in [0.2, 0.25) is 0 Å². The highest BCUT2D eigenvalue weighted by molar-refractivity contribution is 5.99. The molecule has 0 N–H and O–H groups in total. The predicted molar refractivity (Wildman–Crippen MR) is 75.8 cm³/mol. The number of unbranched alkanes of at least 4 members (excludes halogenated alkanes) is 1. The van der Waals surface area contributed by atoms with Gasteiger partial charge in [-0.1, -0.05) is 31.4 Å². The van der Waals surface area contributed by atoms with E-state index in [1.807, 2.05) is 0 Å². The van der Waals surface area contributed by atoms with E-state index < -0.39 is 5.92 Å². The van der Waals surface area contributed by atoms with Gasteiger partial charge in [-0.05, 0) is 38.5 Å². The van der Waals surface area contributed by atoms with Crippen LogP contribution in [-0.4, -0.2) is 18.9 Å². The van der Waals surface area contributed by atoms with Crippen LogP contribution >= 0.6 is 0 Å². The van der Waals surface area contributed by atoms with Gasteiger partial charge in [0.1, 0.15) is 11.7 Å². The molecule has 0 radical (unpaired) electrons. The molecule has 0 saturated heterocycles. The molecule has 108 valence electrons. The maximum Gasteiger partial charge on any atom is 0.316 e. The number of carbonyl (C=O) groups is 2. The molecule has 19 heavy (non-hydrogen) atoms. The van der Waals surface area contributed by atoms with Gasteiger partial charge < -0.3 is 4.74 Å². The normalized spacial score (nSPS) is 27.7. The number of ketones is 1.